The number of rotatable bonds is 6. The molecule has 0 spiro atoms. The molecular weight excluding hydrogens is 459 g/mol. The maximum absolute atomic E-state index is 10.8. The topological polar surface area (TPSA) is 87.6 Å². The summed E-state index contributed by atoms with van der Waals surface area (Å²) in [7, 11) is 0. The van der Waals surface area contributed by atoms with Crippen LogP contribution in [-0.2, 0) is 17.7 Å². The molecule has 1 aliphatic heterocycles. The number of aromatic nitrogens is 2. The van der Waals surface area contributed by atoms with Gasteiger partial charge in [-0.25, -0.2) is 9.78 Å². The Morgan fingerprint density at radius 2 is 2.03 bits per heavy atom. The van der Waals surface area contributed by atoms with Crippen molar-refractivity contribution < 1.29 is 14.6 Å². The molecule has 1 aliphatic rings. The fourth-order valence-corrected chi connectivity index (χ4v) is 4.85. The van der Waals surface area contributed by atoms with Gasteiger partial charge >= 0.3 is 6.16 Å². The van der Waals surface area contributed by atoms with Crippen molar-refractivity contribution in [3.8, 4) is 0 Å². The van der Waals surface area contributed by atoms with E-state index in [0.29, 0.717) is 48.5 Å². The van der Waals surface area contributed by atoms with Gasteiger partial charge < -0.3 is 20.1 Å². The van der Waals surface area contributed by atoms with Crippen LogP contribution >= 0.6 is 34.5 Å². The number of carbonyl (C=O) groups is 1. The lowest BCUT2D eigenvalue weighted by atomic mass is 10.1. The molecule has 0 amide bonds. The first kappa shape index (κ1) is 21.9. The molecule has 0 saturated carbocycles. The second-order valence-electron chi connectivity index (χ2n) is 7.33. The number of anilines is 2. The van der Waals surface area contributed by atoms with Crippen LogP contribution in [0.1, 0.15) is 30.2 Å². The van der Waals surface area contributed by atoms with Gasteiger partial charge in [0.25, 0.3) is 0 Å². The number of aryl methyl sites for hydroxylation is 1. The molecule has 0 aliphatic carbocycles. The first-order valence-electron chi connectivity index (χ1n) is 10.1. The van der Waals surface area contributed by atoms with Gasteiger partial charge in [0, 0.05) is 37.4 Å². The number of nitrogens with one attached hydrogen (secondary N) is 1. The molecule has 4 rings (SSSR count). The average Bonchev–Trinajstić information content (AvgIpc) is 3.18. The zero-order valence-corrected chi connectivity index (χ0v) is 19.2. The monoisotopic (exact) mass is 480 g/mol. The minimum absolute atomic E-state index is 0.279. The van der Waals surface area contributed by atoms with Gasteiger partial charge in [-0.2, -0.15) is 4.98 Å². The Hall–Kier alpha value is -2.29. The van der Waals surface area contributed by atoms with Crippen LogP contribution in [-0.4, -0.2) is 40.4 Å². The predicted molar refractivity (Wildman–Crippen MR) is 125 cm³/mol. The highest BCUT2D eigenvalue weighted by Gasteiger charge is 2.25. The Labute approximate surface area is 194 Å². The first-order chi connectivity index (χ1) is 14.9. The van der Waals surface area contributed by atoms with Crippen molar-refractivity contribution in [2.75, 3.05) is 23.3 Å². The number of nitrogens with zero attached hydrogens (tertiary/aromatic N) is 3. The number of thiophene rings is 1. The fraction of sp³-hybridized carbons (Fsp3) is 0.381. The molecule has 1 fully saturated rings. The lowest BCUT2D eigenvalue weighted by Gasteiger charge is -2.31. The highest BCUT2D eigenvalue weighted by atomic mass is 35.5. The molecule has 2 aromatic heterocycles. The van der Waals surface area contributed by atoms with Crippen molar-refractivity contribution in [2.45, 2.75) is 38.8 Å². The Morgan fingerprint density at radius 1 is 1.26 bits per heavy atom. The van der Waals surface area contributed by atoms with Gasteiger partial charge in [-0.15, -0.1) is 11.3 Å². The van der Waals surface area contributed by atoms with Gasteiger partial charge in [-0.3, -0.25) is 0 Å². The molecule has 10 heteroatoms. The molecule has 0 atom stereocenters. The third-order valence-electron chi connectivity index (χ3n) is 5.22. The fourth-order valence-electron chi connectivity index (χ4n) is 3.56. The van der Waals surface area contributed by atoms with Gasteiger partial charge in [0.1, 0.15) is 16.8 Å². The van der Waals surface area contributed by atoms with E-state index in [4.69, 9.17) is 43.0 Å². The van der Waals surface area contributed by atoms with Crippen molar-refractivity contribution in [1.82, 2.24) is 9.97 Å². The highest BCUT2D eigenvalue weighted by Crippen LogP contribution is 2.32. The van der Waals surface area contributed by atoms with E-state index in [1.807, 2.05) is 12.1 Å². The van der Waals surface area contributed by atoms with Crippen molar-refractivity contribution in [3.63, 3.8) is 0 Å². The molecule has 1 saturated heterocycles. The number of ether oxygens (including phenoxy) is 1. The highest BCUT2D eigenvalue weighted by molar-refractivity contribution is 7.18. The number of hydrogen-bond donors (Lipinski definition) is 2. The number of carboxylic acid groups (broad SMARTS) is 1. The van der Waals surface area contributed by atoms with E-state index in [2.05, 4.69) is 23.2 Å². The summed E-state index contributed by atoms with van der Waals surface area (Å²) < 4.78 is 4.91. The third-order valence-corrected chi connectivity index (χ3v) is 7.13. The summed E-state index contributed by atoms with van der Waals surface area (Å²) in [5.74, 6) is 1.41. The molecule has 0 unspecified atom stereocenters. The van der Waals surface area contributed by atoms with Crippen LogP contribution in [0.15, 0.2) is 24.3 Å². The number of fused-ring (bicyclic) bond motifs is 1. The largest absolute Gasteiger partial charge is 0.506 e. The Kier molecular flexibility index (Phi) is 6.69. The van der Waals surface area contributed by atoms with Crippen molar-refractivity contribution >= 4 is 62.7 Å². The quantitative estimate of drug-likeness (QED) is 0.428. The second kappa shape index (κ2) is 9.46. The summed E-state index contributed by atoms with van der Waals surface area (Å²) in [5, 5.41) is 14.3. The summed E-state index contributed by atoms with van der Waals surface area (Å²) in [5.41, 5.74) is 1.00. The van der Waals surface area contributed by atoms with Gasteiger partial charge in [0.05, 0.1) is 15.4 Å². The van der Waals surface area contributed by atoms with E-state index in [-0.39, 0.29) is 6.10 Å². The van der Waals surface area contributed by atoms with E-state index in [9.17, 15) is 4.79 Å². The molecule has 31 heavy (non-hydrogen) atoms. The summed E-state index contributed by atoms with van der Waals surface area (Å²) >= 11 is 13.8. The van der Waals surface area contributed by atoms with Crippen LogP contribution in [0.3, 0.4) is 0 Å². The maximum Gasteiger partial charge on any atom is 0.506 e. The average molecular weight is 481 g/mol. The second-order valence-corrected chi connectivity index (χ2v) is 9.26. The maximum atomic E-state index is 10.8. The first-order valence-corrected chi connectivity index (χ1v) is 11.6. The number of halogens is 2. The normalized spacial score (nSPS) is 14.7. The van der Waals surface area contributed by atoms with Crippen molar-refractivity contribution in [2.24, 2.45) is 0 Å². The minimum Gasteiger partial charge on any atom is -0.450 e. The van der Waals surface area contributed by atoms with Gasteiger partial charge in [-0.1, -0.05) is 36.2 Å². The van der Waals surface area contributed by atoms with E-state index in [1.54, 1.807) is 17.4 Å². The Morgan fingerprint density at radius 3 is 2.71 bits per heavy atom. The standard InChI is InChI=1S/C21H22Cl2N4O3S/c1-2-14-10-15-18(24-11-12-3-4-16(22)17(23)9-12)25-20(26-19(15)31-14)27-7-5-13(6-8-27)30-21(28)29/h3-4,9-10,13H,2,5-8,11H2,1H3,(H,28,29)(H,24,25,26). The zero-order chi connectivity index (χ0) is 22.0. The van der Waals surface area contributed by atoms with Crippen LogP contribution in [0.25, 0.3) is 10.2 Å². The lowest BCUT2D eigenvalue weighted by molar-refractivity contribution is 0.0415. The van der Waals surface area contributed by atoms with Crippen LogP contribution in [0, 0.1) is 0 Å². The SMILES string of the molecule is CCc1cc2c(NCc3ccc(Cl)c(Cl)c3)nc(N3CCC(OC(=O)O)CC3)nc2s1. The minimum atomic E-state index is -1.23. The van der Waals surface area contributed by atoms with Crippen LogP contribution in [0.2, 0.25) is 10.0 Å². The van der Waals surface area contributed by atoms with Gasteiger partial charge in [0.2, 0.25) is 5.95 Å². The molecule has 0 radical (unpaired) electrons. The predicted octanol–water partition coefficient (Wildman–Crippen LogP) is 5.84. The van der Waals surface area contributed by atoms with Crippen LogP contribution < -0.4 is 10.2 Å². The van der Waals surface area contributed by atoms with E-state index < -0.39 is 6.16 Å². The summed E-state index contributed by atoms with van der Waals surface area (Å²) in [6.45, 7) is 3.95. The molecule has 7 nitrogen and oxygen atoms in total. The molecule has 3 aromatic rings. The zero-order valence-electron chi connectivity index (χ0n) is 16.9. The smallest absolute Gasteiger partial charge is 0.450 e. The lowest BCUT2D eigenvalue weighted by Crippen LogP contribution is -2.38. The number of benzene rings is 1. The summed E-state index contributed by atoms with van der Waals surface area (Å²) in [4.78, 5) is 24.6. The van der Waals surface area contributed by atoms with E-state index in [1.165, 1.54) is 4.88 Å². The number of piperidine rings is 1. The molecular formula is C21H22Cl2N4O3S. The van der Waals surface area contributed by atoms with Crippen LogP contribution in [0.4, 0.5) is 16.6 Å². The number of hydrogen-bond acceptors (Lipinski definition) is 7. The third kappa shape index (κ3) is 5.14. The van der Waals surface area contributed by atoms with Gasteiger partial charge in [0.15, 0.2) is 0 Å². The molecule has 164 valence electrons. The molecule has 3 heterocycles. The van der Waals surface area contributed by atoms with Crippen molar-refractivity contribution in [1.29, 1.82) is 0 Å². The molecule has 2 N–H and O–H groups in total. The van der Waals surface area contributed by atoms with Gasteiger partial charge in [-0.05, 0) is 30.2 Å². The Balaban J connectivity index is 1.57. The van der Waals surface area contributed by atoms with E-state index >= 15 is 0 Å². The summed E-state index contributed by atoms with van der Waals surface area (Å²) in [6, 6.07) is 7.69. The Bertz CT molecular complexity index is 1100. The molecule has 1 aromatic carbocycles. The van der Waals surface area contributed by atoms with E-state index in [0.717, 1.165) is 28.0 Å². The summed E-state index contributed by atoms with van der Waals surface area (Å²) in [6.07, 6.45) is 0.656. The van der Waals surface area contributed by atoms with Crippen molar-refractivity contribution in [3.05, 3.63) is 44.8 Å². The van der Waals surface area contributed by atoms with Crippen LogP contribution in [0.5, 0.6) is 0 Å². The molecule has 0 bridgehead atoms.